The number of halogens is 4. The third kappa shape index (κ3) is 5.46. The highest BCUT2D eigenvalue weighted by Gasteiger charge is 2.30. The molecule has 174 valence electrons. The van der Waals surface area contributed by atoms with Gasteiger partial charge in [-0.2, -0.15) is 0 Å². The Bertz CT molecular complexity index is 1350. The molecule has 0 aliphatic carbocycles. The highest BCUT2D eigenvalue weighted by atomic mass is 35.5. The van der Waals surface area contributed by atoms with Crippen LogP contribution in [-0.4, -0.2) is 20.9 Å². The number of hydrogen-bond donors (Lipinski definition) is 1. The summed E-state index contributed by atoms with van der Waals surface area (Å²) in [6.07, 6.45) is -0.178. The molecule has 0 spiro atoms. The lowest BCUT2D eigenvalue weighted by atomic mass is 10.0. The van der Waals surface area contributed by atoms with E-state index in [0.717, 1.165) is 22.5 Å². The Morgan fingerprint density at radius 3 is 2.33 bits per heavy atom. The summed E-state index contributed by atoms with van der Waals surface area (Å²) in [7, 11) is -4.30. The maximum Gasteiger partial charge on any atom is 0.265 e. The number of carbonyl (C=O) groups is 1. The maximum atomic E-state index is 14.3. The largest absolute Gasteiger partial charge is 0.368 e. The van der Waals surface area contributed by atoms with E-state index in [4.69, 9.17) is 28.9 Å². The topological polar surface area (TPSA) is 80.5 Å². The van der Waals surface area contributed by atoms with Crippen LogP contribution in [0.15, 0.2) is 53.4 Å². The van der Waals surface area contributed by atoms with E-state index in [1.54, 1.807) is 13.8 Å². The van der Waals surface area contributed by atoms with Gasteiger partial charge in [0.15, 0.2) is 0 Å². The van der Waals surface area contributed by atoms with Crippen molar-refractivity contribution in [2.75, 3.05) is 10.8 Å². The van der Waals surface area contributed by atoms with Crippen LogP contribution in [0.3, 0.4) is 0 Å². The summed E-state index contributed by atoms with van der Waals surface area (Å²) in [5.74, 6) is -2.22. The van der Waals surface area contributed by atoms with Crippen molar-refractivity contribution < 1.29 is 22.0 Å². The Hall–Kier alpha value is -2.68. The van der Waals surface area contributed by atoms with E-state index in [1.807, 2.05) is 0 Å². The van der Waals surface area contributed by atoms with Gasteiger partial charge in [0.1, 0.15) is 18.2 Å². The third-order valence-electron chi connectivity index (χ3n) is 5.02. The molecule has 3 rings (SSSR count). The molecule has 0 unspecified atom stereocenters. The van der Waals surface area contributed by atoms with Gasteiger partial charge in [-0.25, -0.2) is 17.2 Å². The molecule has 0 aliphatic rings. The number of primary amides is 1. The second-order valence-electron chi connectivity index (χ2n) is 7.53. The van der Waals surface area contributed by atoms with Crippen LogP contribution in [0.1, 0.15) is 22.3 Å². The van der Waals surface area contributed by atoms with Crippen molar-refractivity contribution in [2.45, 2.75) is 25.2 Å². The van der Waals surface area contributed by atoms with Crippen LogP contribution in [0.4, 0.5) is 14.5 Å². The SMILES string of the molecule is Cc1cc(S(=O)(=O)N(CC(N)=O)c2ccc(Cl)cc2Cc2cc(F)ccc2F)c(C)cc1Cl. The van der Waals surface area contributed by atoms with Gasteiger partial charge in [-0.1, -0.05) is 23.2 Å². The minimum atomic E-state index is -4.30. The van der Waals surface area contributed by atoms with E-state index in [9.17, 15) is 22.0 Å². The first-order chi connectivity index (χ1) is 15.4. The standard InChI is InChI=1S/C23H20Cl2F2N2O3S/c1-13-8-22(14(2)7-19(13)25)33(31,32)29(12-23(28)30)21-6-3-17(24)10-16(21)9-15-11-18(26)4-5-20(15)27/h3-8,10-11H,9,12H2,1-2H3,(H2,28,30). The Balaban J connectivity index is 2.21. The van der Waals surface area contributed by atoms with Crippen molar-refractivity contribution in [3.63, 3.8) is 0 Å². The second-order valence-corrected chi connectivity index (χ2v) is 10.2. The summed E-state index contributed by atoms with van der Waals surface area (Å²) < 4.78 is 56.2. The lowest BCUT2D eigenvalue weighted by molar-refractivity contribution is -0.116. The van der Waals surface area contributed by atoms with Crippen molar-refractivity contribution in [1.29, 1.82) is 0 Å². The van der Waals surface area contributed by atoms with Crippen molar-refractivity contribution in [1.82, 2.24) is 0 Å². The first kappa shape index (κ1) is 25.0. The molecular weight excluding hydrogens is 493 g/mol. The van der Waals surface area contributed by atoms with Crippen molar-refractivity contribution in [3.8, 4) is 0 Å². The number of carbonyl (C=O) groups excluding carboxylic acids is 1. The monoisotopic (exact) mass is 512 g/mol. The van der Waals surface area contributed by atoms with Crippen LogP contribution in [0, 0.1) is 25.5 Å². The number of anilines is 1. The van der Waals surface area contributed by atoms with E-state index in [-0.39, 0.29) is 33.2 Å². The van der Waals surface area contributed by atoms with Crippen molar-refractivity contribution >= 4 is 44.8 Å². The van der Waals surface area contributed by atoms with Gasteiger partial charge >= 0.3 is 0 Å². The molecule has 0 aromatic heterocycles. The Morgan fingerprint density at radius 1 is 0.970 bits per heavy atom. The van der Waals surface area contributed by atoms with Crippen molar-refractivity contribution in [3.05, 3.63) is 92.5 Å². The summed E-state index contributed by atoms with van der Waals surface area (Å²) in [5, 5.41) is 0.641. The molecule has 0 heterocycles. The molecule has 0 saturated carbocycles. The maximum absolute atomic E-state index is 14.3. The zero-order chi connectivity index (χ0) is 24.5. The van der Waals surface area contributed by atoms with Gasteiger partial charge in [-0.3, -0.25) is 9.10 Å². The molecular formula is C23H20Cl2F2N2O3S. The number of hydrogen-bond acceptors (Lipinski definition) is 3. The smallest absolute Gasteiger partial charge is 0.265 e. The van der Waals surface area contributed by atoms with Crippen LogP contribution in [0.5, 0.6) is 0 Å². The number of rotatable bonds is 7. The second kappa shape index (κ2) is 9.67. The fourth-order valence-electron chi connectivity index (χ4n) is 3.42. The zero-order valence-electron chi connectivity index (χ0n) is 17.7. The first-order valence-corrected chi connectivity index (χ1v) is 11.9. The molecule has 0 saturated heterocycles. The van der Waals surface area contributed by atoms with Crippen LogP contribution in [-0.2, 0) is 21.2 Å². The summed E-state index contributed by atoms with van der Waals surface area (Å²) in [6, 6.07) is 10.2. The fraction of sp³-hybridized carbons (Fsp3) is 0.174. The number of nitrogens with two attached hydrogens (primary N) is 1. The van der Waals surface area contributed by atoms with Gasteiger partial charge in [0.2, 0.25) is 5.91 Å². The van der Waals surface area contributed by atoms with Crippen LogP contribution >= 0.6 is 23.2 Å². The first-order valence-electron chi connectivity index (χ1n) is 9.70. The van der Waals surface area contributed by atoms with Crippen LogP contribution < -0.4 is 10.0 Å². The number of benzene rings is 3. The lowest BCUT2D eigenvalue weighted by Crippen LogP contribution is -2.39. The van der Waals surface area contributed by atoms with E-state index in [0.29, 0.717) is 16.1 Å². The predicted octanol–water partition coefficient (Wildman–Crippen LogP) is 5.16. The minimum Gasteiger partial charge on any atom is -0.368 e. The fourth-order valence-corrected chi connectivity index (χ4v) is 5.59. The molecule has 0 aliphatic heterocycles. The zero-order valence-corrected chi connectivity index (χ0v) is 20.0. The lowest BCUT2D eigenvalue weighted by Gasteiger charge is -2.27. The summed E-state index contributed by atoms with van der Waals surface area (Å²) in [4.78, 5) is 11.8. The quantitative estimate of drug-likeness (QED) is 0.474. The molecule has 33 heavy (non-hydrogen) atoms. The minimum absolute atomic E-state index is 0.00606. The molecule has 5 nitrogen and oxygen atoms in total. The predicted molar refractivity (Wildman–Crippen MR) is 125 cm³/mol. The molecule has 1 amide bonds. The van der Waals surface area contributed by atoms with Crippen molar-refractivity contribution in [2.24, 2.45) is 5.73 Å². The summed E-state index contributed by atoms with van der Waals surface area (Å²) in [5.41, 5.74) is 6.59. The van der Waals surface area contributed by atoms with E-state index in [1.165, 1.54) is 30.3 Å². The average Bonchev–Trinajstić information content (AvgIpc) is 2.72. The van der Waals surface area contributed by atoms with Gasteiger partial charge in [0, 0.05) is 16.5 Å². The molecule has 3 aromatic carbocycles. The van der Waals surface area contributed by atoms with Gasteiger partial charge in [0.25, 0.3) is 10.0 Å². The average molecular weight is 513 g/mol. The highest BCUT2D eigenvalue weighted by Crippen LogP contribution is 2.33. The Morgan fingerprint density at radius 2 is 1.67 bits per heavy atom. The summed E-state index contributed by atoms with van der Waals surface area (Å²) in [6.45, 7) is 2.55. The molecule has 0 fully saturated rings. The van der Waals surface area contributed by atoms with Crippen LogP contribution in [0.25, 0.3) is 0 Å². The molecule has 0 atom stereocenters. The number of aryl methyl sites for hydroxylation is 2. The highest BCUT2D eigenvalue weighted by molar-refractivity contribution is 7.93. The molecule has 3 aromatic rings. The van der Waals surface area contributed by atoms with Gasteiger partial charge < -0.3 is 5.73 Å². The van der Waals surface area contributed by atoms with Crippen LogP contribution in [0.2, 0.25) is 10.0 Å². The molecule has 0 bridgehead atoms. The van der Waals surface area contributed by atoms with E-state index >= 15 is 0 Å². The summed E-state index contributed by atoms with van der Waals surface area (Å²) >= 11 is 12.2. The Kier molecular flexibility index (Phi) is 7.31. The van der Waals surface area contributed by atoms with Gasteiger partial charge in [-0.05, 0) is 84.6 Å². The van der Waals surface area contributed by atoms with Gasteiger partial charge in [0.05, 0.1) is 10.6 Å². The van der Waals surface area contributed by atoms with E-state index in [2.05, 4.69) is 0 Å². The molecule has 0 radical (unpaired) electrons. The normalized spacial score (nSPS) is 11.5. The Labute approximate surface area is 200 Å². The molecule has 10 heteroatoms. The number of nitrogens with zero attached hydrogens (tertiary/aromatic N) is 1. The molecule has 2 N–H and O–H groups in total. The number of amides is 1. The van der Waals surface area contributed by atoms with E-state index < -0.39 is 34.1 Å². The third-order valence-corrected chi connectivity index (χ3v) is 7.57. The van der Waals surface area contributed by atoms with Gasteiger partial charge in [-0.15, -0.1) is 0 Å². The number of sulfonamides is 1.